The molecule has 1 aromatic heterocycles. The number of aromatic nitrogens is 2. The van der Waals surface area contributed by atoms with Crippen molar-refractivity contribution in [2.45, 2.75) is 94.7 Å². The van der Waals surface area contributed by atoms with Crippen LogP contribution in [0.2, 0.25) is 0 Å². The molecule has 1 amide bonds. The number of ketones is 1. The molecule has 1 saturated carbocycles. The van der Waals surface area contributed by atoms with Crippen LogP contribution in [0.3, 0.4) is 0 Å². The highest BCUT2D eigenvalue weighted by Gasteiger charge is 2.34. The highest BCUT2D eigenvalue weighted by molar-refractivity contribution is 7.99. The number of carbonyl (C=O) groups is 2. The van der Waals surface area contributed by atoms with Gasteiger partial charge in [-0.3, -0.25) is 9.59 Å². The molecule has 0 N–H and O–H groups in total. The van der Waals surface area contributed by atoms with Crippen molar-refractivity contribution in [1.82, 2.24) is 15.1 Å². The minimum atomic E-state index is -0.502. The van der Waals surface area contributed by atoms with Gasteiger partial charge in [0.05, 0.1) is 0 Å². The third-order valence-electron chi connectivity index (χ3n) is 4.57. The van der Waals surface area contributed by atoms with E-state index in [1.165, 1.54) is 18.2 Å². The van der Waals surface area contributed by atoms with Crippen LogP contribution in [0.1, 0.15) is 82.8 Å². The van der Waals surface area contributed by atoms with Gasteiger partial charge in [0.25, 0.3) is 11.1 Å². The Morgan fingerprint density at radius 3 is 2.64 bits per heavy atom. The predicted molar refractivity (Wildman–Crippen MR) is 97.7 cm³/mol. The van der Waals surface area contributed by atoms with E-state index in [2.05, 4.69) is 17.1 Å². The number of amides is 1. The average molecular weight is 368 g/mol. The van der Waals surface area contributed by atoms with E-state index in [-0.39, 0.29) is 17.7 Å². The first-order valence-corrected chi connectivity index (χ1v) is 10.2. The molecule has 1 aromatic rings. The molecule has 0 bridgehead atoms. The highest BCUT2D eigenvalue weighted by atomic mass is 32.2. The molecule has 1 aliphatic carbocycles. The molecular formula is C18H29N3O3S. The van der Waals surface area contributed by atoms with Gasteiger partial charge in [0.15, 0.2) is 0 Å². The summed E-state index contributed by atoms with van der Waals surface area (Å²) in [5.41, 5.74) is 0. The topological polar surface area (TPSA) is 76.3 Å². The van der Waals surface area contributed by atoms with Crippen molar-refractivity contribution in [3.05, 3.63) is 5.89 Å². The van der Waals surface area contributed by atoms with Gasteiger partial charge in [-0.05, 0) is 19.3 Å². The van der Waals surface area contributed by atoms with Gasteiger partial charge < -0.3 is 9.32 Å². The number of thioether (sulfide) groups is 1. The fraction of sp³-hybridized carbons (Fsp3) is 0.778. The second-order valence-corrected chi connectivity index (χ2v) is 8.43. The lowest BCUT2D eigenvalue weighted by Crippen LogP contribution is -2.47. The second-order valence-electron chi connectivity index (χ2n) is 6.91. The van der Waals surface area contributed by atoms with Gasteiger partial charge in [0.1, 0.15) is 6.04 Å². The quantitative estimate of drug-likeness (QED) is 0.352. The molecule has 1 fully saturated rings. The van der Waals surface area contributed by atoms with E-state index in [0.29, 0.717) is 16.9 Å². The van der Waals surface area contributed by atoms with E-state index < -0.39 is 6.04 Å². The van der Waals surface area contributed by atoms with Gasteiger partial charge in [0.2, 0.25) is 12.2 Å². The van der Waals surface area contributed by atoms with Crippen LogP contribution in [0.15, 0.2) is 9.64 Å². The van der Waals surface area contributed by atoms with Gasteiger partial charge in [-0.2, -0.15) is 0 Å². The van der Waals surface area contributed by atoms with Gasteiger partial charge in [-0.1, -0.05) is 64.6 Å². The summed E-state index contributed by atoms with van der Waals surface area (Å²) < 4.78 is 5.55. The molecule has 1 atom stereocenters. The number of rotatable bonds is 10. The van der Waals surface area contributed by atoms with E-state index in [9.17, 15) is 9.59 Å². The minimum Gasteiger partial charge on any atom is -0.408 e. The molecule has 0 aliphatic heterocycles. The Bertz CT molecular complexity index is 556. The summed E-state index contributed by atoms with van der Waals surface area (Å²) in [6.07, 6.45) is 8.69. The van der Waals surface area contributed by atoms with Crippen LogP contribution >= 0.6 is 11.8 Å². The van der Waals surface area contributed by atoms with Crippen LogP contribution < -0.4 is 0 Å². The molecule has 7 heteroatoms. The summed E-state index contributed by atoms with van der Waals surface area (Å²) in [5.74, 6) is -0.207. The molecule has 140 valence electrons. The summed E-state index contributed by atoms with van der Waals surface area (Å²) in [5, 5.41) is 8.59. The van der Waals surface area contributed by atoms with E-state index in [1.54, 1.807) is 4.90 Å². The van der Waals surface area contributed by atoms with Crippen LogP contribution in [0, 0.1) is 0 Å². The summed E-state index contributed by atoms with van der Waals surface area (Å²) in [7, 11) is 0. The zero-order valence-corrected chi connectivity index (χ0v) is 16.3. The minimum absolute atomic E-state index is 0.0203. The van der Waals surface area contributed by atoms with E-state index in [1.807, 2.05) is 13.8 Å². The summed E-state index contributed by atoms with van der Waals surface area (Å²) in [4.78, 5) is 26.5. The van der Waals surface area contributed by atoms with Crippen molar-refractivity contribution in [2.75, 3.05) is 0 Å². The normalized spacial score (nSPS) is 16.8. The molecule has 25 heavy (non-hydrogen) atoms. The third-order valence-corrected chi connectivity index (χ3v) is 5.40. The smallest absolute Gasteiger partial charge is 0.286 e. The zero-order chi connectivity index (χ0) is 18.2. The van der Waals surface area contributed by atoms with Crippen LogP contribution in [-0.4, -0.2) is 44.6 Å². The average Bonchev–Trinajstić information content (AvgIpc) is 3.06. The maximum Gasteiger partial charge on any atom is 0.286 e. The third kappa shape index (κ3) is 5.56. The number of hydrogen-bond donors (Lipinski definition) is 0. The lowest BCUT2D eigenvalue weighted by molar-refractivity contribution is -0.122. The SMILES string of the molecule is CCCC[C@@H](C(=O)c1nnc(SC(C)C)o1)N(C=O)C1CCCCC1. The molecule has 2 rings (SSSR count). The van der Waals surface area contributed by atoms with Crippen molar-refractivity contribution in [3.8, 4) is 0 Å². The maximum atomic E-state index is 13.0. The summed E-state index contributed by atoms with van der Waals surface area (Å²) >= 11 is 1.43. The first-order chi connectivity index (χ1) is 12.1. The van der Waals surface area contributed by atoms with Crippen molar-refractivity contribution < 1.29 is 14.0 Å². The van der Waals surface area contributed by atoms with Gasteiger partial charge >= 0.3 is 0 Å². The number of nitrogens with zero attached hydrogens (tertiary/aromatic N) is 3. The molecule has 0 spiro atoms. The lowest BCUT2D eigenvalue weighted by atomic mass is 9.92. The largest absolute Gasteiger partial charge is 0.408 e. The first kappa shape index (κ1) is 19.9. The molecule has 1 heterocycles. The molecule has 0 aromatic carbocycles. The van der Waals surface area contributed by atoms with Crippen molar-refractivity contribution in [2.24, 2.45) is 0 Å². The fourth-order valence-electron chi connectivity index (χ4n) is 3.31. The number of Topliss-reactive ketones (excluding diaryl/α,β-unsaturated/α-hetero) is 1. The van der Waals surface area contributed by atoms with Crippen molar-refractivity contribution in [3.63, 3.8) is 0 Å². The van der Waals surface area contributed by atoms with Crippen molar-refractivity contribution >= 4 is 24.0 Å². The van der Waals surface area contributed by atoms with Gasteiger partial charge in [-0.15, -0.1) is 10.2 Å². The molecule has 1 aliphatic rings. The van der Waals surface area contributed by atoms with Gasteiger partial charge in [-0.25, -0.2) is 0 Å². The van der Waals surface area contributed by atoms with Crippen LogP contribution in [0.25, 0.3) is 0 Å². The maximum absolute atomic E-state index is 13.0. The number of unbranched alkanes of at least 4 members (excludes halogenated alkanes) is 1. The summed E-state index contributed by atoms with van der Waals surface area (Å²) in [6, 6.07) is -0.359. The Hall–Kier alpha value is -1.37. The Labute approximate surface area is 154 Å². The predicted octanol–water partition coefficient (Wildman–Crippen LogP) is 4.10. The molecule has 6 nitrogen and oxygen atoms in total. The molecular weight excluding hydrogens is 338 g/mol. The molecule has 0 unspecified atom stereocenters. The molecule has 0 radical (unpaired) electrons. The number of carbonyl (C=O) groups excluding carboxylic acids is 2. The lowest BCUT2D eigenvalue weighted by Gasteiger charge is -2.36. The summed E-state index contributed by atoms with van der Waals surface area (Å²) in [6.45, 7) is 6.13. The van der Waals surface area contributed by atoms with E-state index >= 15 is 0 Å². The highest BCUT2D eigenvalue weighted by Crippen LogP contribution is 2.27. The fourth-order valence-corrected chi connectivity index (χ4v) is 3.93. The van der Waals surface area contributed by atoms with Crippen LogP contribution in [0.4, 0.5) is 0 Å². The van der Waals surface area contributed by atoms with Gasteiger partial charge in [0, 0.05) is 11.3 Å². The zero-order valence-electron chi connectivity index (χ0n) is 15.4. The first-order valence-electron chi connectivity index (χ1n) is 9.33. The van der Waals surface area contributed by atoms with Crippen LogP contribution in [0.5, 0.6) is 0 Å². The second kappa shape index (κ2) is 9.94. The standard InChI is InChI=1S/C18H29N3O3S/c1-4-5-11-15(21(12-22)14-9-7-6-8-10-14)16(23)17-19-20-18(24-17)25-13(2)3/h12-15H,4-11H2,1-3H3/t15-/m0/s1. The van der Waals surface area contributed by atoms with Crippen LogP contribution in [-0.2, 0) is 4.79 Å². The Morgan fingerprint density at radius 1 is 1.32 bits per heavy atom. The Balaban J connectivity index is 2.17. The van der Waals surface area contributed by atoms with Crippen molar-refractivity contribution in [1.29, 1.82) is 0 Å². The Kier molecular flexibility index (Phi) is 7.93. The van der Waals surface area contributed by atoms with E-state index in [0.717, 1.165) is 44.9 Å². The Morgan fingerprint density at radius 2 is 2.04 bits per heavy atom. The van der Waals surface area contributed by atoms with E-state index in [4.69, 9.17) is 4.42 Å². The number of hydrogen-bond acceptors (Lipinski definition) is 6. The monoisotopic (exact) mass is 367 g/mol. The molecule has 0 saturated heterocycles.